The second-order valence-corrected chi connectivity index (χ2v) is 2.12. The summed E-state index contributed by atoms with van der Waals surface area (Å²) >= 11 is 0. The predicted molar refractivity (Wildman–Crippen MR) is 36.4 cm³/mol. The van der Waals surface area contributed by atoms with E-state index in [1.165, 1.54) is 0 Å². The van der Waals surface area contributed by atoms with Crippen molar-refractivity contribution in [3.8, 4) is 12.0 Å². The SMILES string of the molecule is COC[C@](C)(N)C#CN. The van der Waals surface area contributed by atoms with Gasteiger partial charge in [0, 0.05) is 13.2 Å². The van der Waals surface area contributed by atoms with E-state index in [1.807, 2.05) is 0 Å². The van der Waals surface area contributed by atoms with Crippen molar-refractivity contribution < 1.29 is 4.74 Å². The quantitative estimate of drug-likeness (QED) is 0.380. The Kier molecular flexibility index (Phi) is 3.07. The highest BCUT2D eigenvalue weighted by atomic mass is 16.5. The van der Waals surface area contributed by atoms with Crippen LogP contribution in [-0.4, -0.2) is 19.3 Å². The molecule has 4 N–H and O–H groups in total. The molecule has 0 saturated carbocycles. The maximum absolute atomic E-state index is 5.56. The molecule has 9 heavy (non-hydrogen) atoms. The van der Waals surface area contributed by atoms with Crippen LogP contribution in [0.5, 0.6) is 0 Å². The summed E-state index contributed by atoms with van der Waals surface area (Å²) in [7, 11) is 1.57. The zero-order chi connectivity index (χ0) is 7.33. The van der Waals surface area contributed by atoms with Crippen molar-refractivity contribution >= 4 is 0 Å². The number of hydrogen-bond acceptors (Lipinski definition) is 3. The third-order valence-electron chi connectivity index (χ3n) is 0.802. The van der Waals surface area contributed by atoms with Gasteiger partial charge in [0.2, 0.25) is 0 Å². The minimum absolute atomic E-state index is 0.400. The van der Waals surface area contributed by atoms with Crippen LogP contribution in [0.1, 0.15) is 6.92 Å². The summed E-state index contributed by atoms with van der Waals surface area (Å²) in [6.07, 6.45) is 0. The van der Waals surface area contributed by atoms with Gasteiger partial charge in [-0.15, -0.1) is 0 Å². The molecule has 0 aliphatic carbocycles. The van der Waals surface area contributed by atoms with E-state index in [0.717, 1.165) is 0 Å². The first-order valence-corrected chi connectivity index (χ1v) is 2.63. The van der Waals surface area contributed by atoms with Crippen LogP contribution in [0, 0.1) is 12.0 Å². The Morgan fingerprint density at radius 1 is 1.67 bits per heavy atom. The van der Waals surface area contributed by atoms with Gasteiger partial charge in [-0.25, -0.2) is 0 Å². The predicted octanol–water partition coefficient (Wildman–Crippen LogP) is -0.730. The van der Waals surface area contributed by atoms with Crippen molar-refractivity contribution in [2.24, 2.45) is 11.5 Å². The maximum atomic E-state index is 5.56. The summed E-state index contributed by atoms with van der Waals surface area (Å²) in [5.41, 5.74) is 9.90. The van der Waals surface area contributed by atoms with E-state index < -0.39 is 5.54 Å². The van der Waals surface area contributed by atoms with Gasteiger partial charge in [0.25, 0.3) is 0 Å². The molecule has 0 aromatic heterocycles. The Labute approximate surface area is 55.4 Å². The van der Waals surface area contributed by atoms with Gasteiger partial charge >= 0.3 is 0 Å². The molecule has 0 amide bonds. The van der Waals surface area contributed by atoms with Crippen LogP contribution in [0.15, 0.2) is 0 Å². The fourth-order valence-corrected chi connectivity index (χ4v) is 0.501. The molecular formula is C6H12N2O. The molecule has 0 heterocycles. The lowest BCUT2D eigenvalue weighted by atomic mass is 10.1. The zero-order valence-electron chi connectivity index (χ0n) is 5.77. The van der Waals surface area contributed by atoms with E-state index in [1.54, 1.807) is 14.0 Å². The van der Waals surface area contributed by atoms with Crippen LogP contribution in [0.3, 0.4) is 0 Å². The fraction of sp³-hybridized carbons (Fsp3) is 0.667. The van der Waals surface area contributed by atoms with Gasteiger partial charge in [-0.05, 0) is 6.92 Å². The second-order valence-electron chi connectivity index (χ2n) is 2.12. The standard InChI is InChI=1S/C6H12N2O/c1-6(8,3-4-7)5-9-2/h5,7-8H2,1-2H3/t6-/m1/s1. The molecule has 52 valence electrons. The van der Waals surface area contributed by atoms with E-state index in [9.17, 15) is 0 Å². The van der Waals surface area contributed by atoms with Gasteiger partial charge in [-0.1, -0.05) is 5.92 Å². The molecule has 0 aromatic carbocycles. The lowest BCUT2D eigenvalue weighted by Gasteiger charge is -2.14. The summed E-state index contributed by atoms with van der Waals surface area (Å²) in [5, 5.41) is 0. The lowest BCUT2D eigenvalue weighted by Crippen LogP contribution is -2.39. The smallest absolute Gasteiger partial charge is 0.100 e. The molecule has 3 nitrogen and oxygen atoms in total. The summed E-state index contributed by atoms with van der Waals surface area (Å²) in [6.45, 7) is 2.16. The van der Waals surface area contributed by atoms with Crippen molar-refractivity contribution in [3.63, 3.8) is 0 Å². The van der Waals surface area contributed by atoms with Crippen molar-refractivity contribution in [1.82, 2.24) is 0 Å². The van der Waals surface area contributed by atoms with Gasteiger partial charge in [0.05, 0.1) is 6.61 Å². The molecule has 0 spiro atoms. The van der Waals surface area contributed by atoms with E-state index >= 15 is 0 Å². The minimum atomic E-state index is -0.608. The van der Waals surface area contributed by atoms with Gasteiger partial charge in [-0.2, -0.15) is 0 Å². The second kappa shape index (κ2) is 3.33. The number of ether oxygens (including phenoxy) is 1. The molecule has 0 aromatic rings. The molecule has 0 unspecified atom stereocenters. The normalized spacial score (nSPS) is 15.4. The first-order chi connectivity index (χ1) is 4.12. The molecule has 3 heteroatoms. The lowest BCUT2D eigenvalue weighted by molar-refractivity contribution is 0.164. The molecule has 0 aliphatic rings. The zero-order valence-corrected chi connectivity index (χ0v) is 5.77. The van der Waals surface area contributed by atoms with Crippen LogP contribution < -0.4 is 11.5 Å². The average molecular weight is 128 g/mol. The van der Waals surface area contributed by atoms with Crippen LogP contribution >= 0.6 is 0 Å². The largest absolute Gasteiger partial charge is 0.382 e. The molecule has 0 radical (unpaired) electrons. The van der Waals surface area contributed by atoms with E-state index in [-0.39, 0.29) is 0 Å². The Morgan fingerprint density at radius 3 is 2.56 bits per heavy atom. The van der Waals surface area contributed by atoms with Crippen molar-refractivity contribution in [1.29, 1.82) is 0 Å². The first kappa shape index (κ1) is 8.28. The summed E-state index contributed by atoms with van der Waals surface area (Å²) in [6, 6.07) is 2.24. The van der Waals surface area contributed by atoms with E-state index in [0.29, 0.717) is 6.61 Å². The Bertz CT molecular complexity index is 132. The van der Waals surface area contributed by atoms with Gasteiger partial charge in [0.15, 0.2) is 0 Å². The number of hydrogen-bond donors (Lipinski definition) is 2. The van der Waals surface area contributed by atoms with E-state index in [4.69, 9.17) is 16.2 Å². The van der Waals surface area contributed by atoms with Gasteiger partial charge < -0.3 is 16.2 Å². The van der Waals surface area contributed by atoms with Crippen LogP contribution in [0.25, 0.3) is 0 Å². The Morgan fingerprint density at radius 2 is 2.22 bits per heavy atom. The van der Waals surface area contributed by atoms with Crippen LogP contribution in [0.2, 0.25) is 0 Å². The molecule has 1 atom stereocenters. The highest BCUT2D eigenvalue weighted by Crippen LogP contribution is 1.94. The Balaban J connectivity index is 3.80. The van der Waals surface area contributed by atoms with Crippen molar-refractivity contribution in [2.45, 2.75) is 12.5 Å². The molecule has 0 saturated heterocycles. The summed E-state index contributed by atoms with van der Waals surface area (Å²) < 4.78 is 4.78. The average Bonchev–Trinajstić information content (AvgIpc) is 1.64. The molecule has 0 fully saturated rings. The van der Waals surface area contributed by atoms with Gasteiger partial charge in [-0.3, -0.25) is 0 Å². The highest BCUT2D eigenvalue weighted by Gasteiger charge is 2.13. The van der Waals surface area contributed by atoms with Crippen molar-refractivity contribution in [2.75, 3.05) is 13.7 Å². The topological polar surface area (TPSA) is 61.3 Å². The van der Waals surface area contributed by atoms with Crippen LogP contribution in [0.4, 0.5) is 0 Å². The first-order valence-electron chi connectivity index (χ1n) is 2.63. The number of nitrogens with two attached hydrogens (primary N) is 2. The third-order valence-corrected chi connectivity index (χ3v) is 0.802. The summed E-state index contributed by atoms with van der Waals surface area (Å²) in [5.74, 6) is 2.60. The monoisotopic (exact) mass is 128 g/mol. The molecule has 0 rings (SSSR count). The van der Waals surface area contributed by atoms with Crippen molar-refractivity contribution in [3.05, 3.63) is 0 Å². The molecule has 0 aliphatic heterocycles. The highest BCUT2D eigenvalue weighted by molar-refractivity contribution is 5.12. The number of rotatable bonds is 2. The third kappa shape index (κ3) is 3.83. The Hall–Kier alpha value is -0.720. The fourth-order valence-electron chi connectivity index (χ4n) is 0.501. The van der Waals surface area contributed by atoms with Gasteiger partial charge in [0.1, 0.15) is 5.54 Å². The van der Waals surface area contributed by atoms with Crippen LogP contribution in [-0.2, 0) is 4.74 Å². The summed E-state index contributed by atoms with van der Waals surface area (Å²) in [4.78, 5) is 0. The molecule has 0 bridgehead atoms. The van der Waals surface area contributed by atoms with E-state index in [2.05, 4.69) is 12.0 Å². The molecular weight excluding hydrogens is 116 g/mol. The number of methoxy groups -OCH3 is 1. The minimum Gasteiger partial charge on any atom is -0.382 e. The maximum Gasteiger partial charge on any atom is 0.100 e.